The summed E-state index contributed by atoms with van der Waals surface area (Å²) in [6, 6.07) is 6.47. The minimum atomic E-state index is -4.55. The summed E-state index contributed by atoms with van der Waals surface area (Å²) < 4.78 is 41.4. The third kappa shape index (κ3) is 5.82. The van der Waals surface area contributed by atoms with Crippen LogP contribution >= 0.6 is 0 Å². The van der Waals surface area contributed by atoms with Crippen LogP contribution in [0, 0.1) is 0 Å². The van der Waals surface area contributed by atoms with Crippen molar-refractivity contribution in [2.45, 2.75) is 12.8 Å². The molecule has 21 heavy (non-hydrogen) atoms. The molecule has 0 bridgehead atoms. The van der Waals surface area contributed by atoms with Crippen molar-refractivity contribution < 1.29 is 27.5 Å². The lowest BCUT2D eigenvalue weighted by Gasteiger charge is -2.18. The first-order chi connectivity index (χ1) is 9.73. The Balaban J connectivity index is 2.68. The lowest BCUT2D eigenvalue weighted by Crippen LogP contribution is -2.42. The van der Waals surface area contributed by atoms with E-state index in [0.717, 1.165) is 12.6 Å². The number of halogens is 3. The Kier molecular flexibility index (Phi) is 5.71. The number of hydrogen-bond donors (Lipinski definition) is 1. The van der Waals surface area contributed by atoms with E-state index >= 15 is 0 Å². The van der Waals surface area contributed by atoms with Gasteiger partial charge in [-0.05, 0) is 17.7 Å². The second-order valence-electron chi connectivity index (χ2n) is 4.36. The van der Waals surface area contributed by atoms with E-state index in [1.54, 1.807) is 18.2 Å². The average molecular weight is 304 g/mol. The predicted octanol–water partition coefficient (Wildman–Crippen LogP) is 1.79. The Morgan fingerprint density at radius 3 is 2.57 bits per heavy atom. The van der Waals surface area contributed by atoms with Gasteiger partial charge in [-0.1, -0.05) is 12.1 Å². The van der Waals surface area contributed by atoms with Crippen molar-refractivity contribution in [2.24, 2.45) is 0 Å². The molecule has 0 spiro atoms. The van der Waals surface area contributed by atoms with E-state index in [1.807, 2.05) is 0 Å². The zero-order valence-electron chi connectivity index (χ0n) is 11.5. The SMILES string of the molecule is COCc1cccc(NC(=O)C(=O)N(C)CC(F)(F)F)c1. The van der Waals surface area contributed by atoms with Crippen LogP contribution in [0.15, 0.2) is 24.3 Å². The largest absolute Gasteiger partial charge is 0.406 e. The van der Waals surface area contributed by atoms with Crippen LogP contribution in [0.4, 0.5) is 18.9 Å². The maximum atomic E-state index is 12.2. The van der Waals surface area contributed by atoms with Crippen molar-refractivity contribution >= 4 is 17.5 Å². The van der Waals surface area contributed by atoms with Crippen molar-refractivity contribution in [1.29, 1.82) is 0 Å². The van der Waals surface area contributed by atoms with Crippen LogP contribution < -0.4 is 5.32 Å². The monoisotopic (exact) mass is 304 g/mol. The predicted molar refractivity (Wildman–Crippen MR) is 69.5 cm³/mol. The number of rotatable bonds is 4. The van der Waals surface area contributed by atoms with E-state index < -0.39 is 24.5 Å². The Bertz CT molecular complexity index is 518. The first kappa shape index (κ1) is 17.0. The number of nitrogens with one attached hydrogen (secondary N) is 1. The van der Waals surface area contributed by atoms with Gasteiger partial charge in [0.05, 0.1) is 6.61 Å². The number of amides is 2. The minimum Gasteiger partial charge on any atom is -0.380 e. The summed E-state index contributed by atoms with van der Waals surface area (Å²) in [5.74, 6) is -2.39. The zero-order valence-corrected chi connectivity index (χ0v) is 11.5. The molecule has 0 aliphatic carbocycles. The molecule has 1 aromatic carbocycles. The number of carbonyl (C=O) groups is 2. The van der Waals surface area contributed by atoms with Crippen LogP contribution in [-0.4, -0.2) is 43.6 Å². The molecule has 0 fully saturated rings. The van der Waals surface area contributed by atoms with Crippen molar-refractivity contribution in [3.05, 3.63) is 29.8 Å². The fourth-order valence-corrected chi connectivity index (χ4v) is 1.60. The number of ether oxygens (including phenoxy) is 1. The van der Waals surface area contributed by atoms with Gasteiger partial charge >= 0.3 is 18.0 Å². The highest BCUT2D eigenvalue weighted by molar-refractivity contribution is 6.39. The standard InChI is InChI=1S/C13H15F3N2O3/c1-18(8-13(14,15)16)12(20)11(19)17-10-5-3-4-9(6-10)7-21-2/h3-6H,7-8H2,1-2H3,(H,17,19). The van der Waals surface area contributed by atoms with E-state index in [2.05, 4.69) is 5.32 Å². The van der Waals surface area contributed by atoms with Crippen LogP contribution in [-0.2, 0) is 20.9 Å². The van der Waals surface area contributed by atoms with Gasteiger partial charge in [0.1, 0.15) is 6.54 Å². The van der Waals surface area contributed by atoms with Gasteiger partial charge in [0.15, 0.2) is 0 Å². The number of hydrogen-bond acceptors (Lipinski definition) is 3. The van der Waals surface area contributed by atoms with E-state index in [9.17, 15) is 22.8 Å². The van der Waals surface area contributed by atoms with Crippen LogP contribution in [0.3, 0.4) is 0 Å². The lowest BCUT2D eigenvalue weighted by atomic mass is 10.2. The summed E-state index contributed by atoms with van der Waals surface area (Å²) in [6.45, 7) is -1.17. The second kappa shape index (κ2) is 7.07. The van der Waals surface area contributed by atoms with Gasteiger partial charge in [0.2, 0.25) is 0 Å². The first-order valence-corrected chi connectivity index (χ1v) is 5.94. The lowest BCUT2D eigenvalue weighted by molar-refractivity contribution is -0.161. The highest BCUT2D eigenvalue weighted by atomic mass is 19.4. The van der Waals surface area contributed by atoms with Crippen molar-refractivity contribution in [3.63, 3.8) is 0 Å². The summed E-state index contributed by atoms with van der Waals surface area (Å²) in [5.41, 5.74) is 1.06. The molecule has 1 rings (SSSR count). The summed E-state index contributed by atoms with van der Waals surface area (Å²) in [4.78, 5) is 23.4. The third-order valence-electron chi connectivity index (χ3n) is 2.45. The number of nitrogens with zero attached hydrogens (tertiary/aromatic N) is 1. The molecule has 0 aliphatic heterocycles. The van der Waals surface area contributed by atoms with E-state index in [0.29, 0.717) is 17.2 Å². The van der Waals surface area contributed by atoms with Gasteiger partial charge in [-0.15, -0.1) is 0 Å². The van der Waals surface area contributed by atoms with Gasteiger partial charge in [-0.2, -0.15) is 13.2 Å². The average Bonchev–Trinajstić information content (AvgIpc) is 2.36. The van der Waals surface area contributed by atoms with E-state index in [1.165, 1.54) is 13.2 Å². The molecule has 0 aliphatic rings. The van der Waals surface area contributed by atoms with E-state index in [-0.39, 0.29) is 0 Å². The molecule has 0 radical (unpaired) electrons. The Hall–Kier alpha value is -2.09. The number of carbonyl (C=O) groups excluding carboxylic acids is 2. The van der Waals surface area contributed by atoms with Gasteiger partial charge in [-0.25, -0.2) is 0 Å². The number of benzene rings is 1. The molecule has 1 N–H and O–H groups in total. The van der Waals surface area contributed by atoms with Gasteiger partial charge in [0, 0.05) is 19.8 Å². The molecule has 0 unspecified atom stereocenters. The highest BCUT2D eigenvalue weighted by Crippen LogP contribution is 2.16. The number of likely N-dealkylation sites (N-methyl/N-ethyl adjacent to an activating group) is 1. The normalized spacial score (nSPS) is 11.1. The van der Waals surface area contributed by atoms with Crippen molar-refractivity contribution in [1.82, 2.24) is 4.90 Å². The highest BCUT2D eigenvalue weighted by Gasteiger charge is 2.33. The maximum Gasteiger partial charge on any atom is 0.406 e. The smallest absolute Gasteiger partial charge is 0.380 e. The van der Waals surface area contributed by atoms with Gasteiger partial charge < -0.3 is 15.0 Å². The zero-order chi connectivity index (χ0) is 16.0. The van der Waals surface area contributed by atoms with Crippen LogP contribution in [0.5, 0.6) is 0 Å². The van der Waals surface area contributed by atoms with E-state index in [4.69, 9.17) is 4.74 Å². The van der Waals surface area contributed by atoms with Crippen molar-refractivity contribution in [2.75, 3.05) is 26.0 Å². The molecule has 116 valence electrons. The maximum absolute atomic E-state index is 12.2. The summed E-state index contributed by atoms with van der Waals surface area (Å²) >= 11 is 0. The molecule has 0 saturated carbocycles. The molecular weight excluding hydrogens is 289 g/mol. The number of anilines is 1. The van der Waals surface area contributed by atoms with Crippen molar-refractivity contribution in [3.8, 4) is 0 Å². The third-order valence-corrected chi connectivity index (χ3v) is 2.45. The number of alkyl halides is 3. The fourth-order valence-electron chi connectivity index (χ4n) is 1.60. The molecule has 2 amide bonds. The Morgan fingerprint density at radius 2 is 2.00 bits per heavy atom. The van der Waals surface area contributed by atoms with Crippen LogP contribution in [0.2, 0.25) is 0 Å². The Labute approximate surface area is 119 Å². The fraction of sp³-hybridized carbons (Fsp3) is 0.385. The minimum absolute atomic E-state index is 0.309. The Morgan fingerprint density at radius 1 is 1.33 bits per heavy atom. The van der Waals surface area contributed by atoms with Crippen LogP contribution in [0.25, 0.3) is 0 Å². The molecule has 5 nitrogen and oxygen atoms in total. The molecular formula is C13H15F3N2O3. The summed E-state index contributed by atoms with van der Waals surface area (Å²) in [7, 11) is 2.41. The summed E-state index contributed by atoms with van der Waals surface area (Å²) in [6.07, 6.45) is -4.55. The number of methoxy groups -OCH3 is 1. The topological polar surface area (TPSA) is 58.6 Å². The molecule has 0 aromatic heterocycles. The first-order valence-electron chi connectivity index (χ1n) is 5.94. The second-order valence-corrected chi connectivity index (χ2v) is 4.36. The van der Waals surface area contributed by atoms with Crippen LogP contribution in [0.1, 0.15) is 5.56 Å². The van der Waals surface area contributed by atoms with Gasteiger partial charge in [-0.3, -0.25) is 9.59 Å². The molecule has 0 saturated heterocycles. The molecule has 0 atom stereocenters. The quantitative estimate of drug-likeness (QED) is 0.863. The summed E-state index contributed by atoms with van der Waals surface area (Å²) in [5, 5.41) is 2.25. The van der Waals surface area contributed by atoms with Gasteiger partial charge in [0.25, 0.3) is 0 Å². The molecule has 0 heterocycles. The molecule has 8 heteroatoms. The molecule has 1 aromatic rings.